The van der Waals surface area contributed by atoms with E-state index in [1.54, 1.807) is 11.0 Å². The lowest BCUT2D eigenvalue weighted by molar-refractivity contribution is -0.125. The number of β-amino-alcohol motifs (C(OH)–C–C–N with tert-alkyl or cyclic N) is 1. The molecular weight excluding hydrogens is 336 g/mol. The van der Waals surface area contributed by atoms with Gasteiger partial charge < -0.3 is 15.7 Å². The molecule has 3 N–H and O–H groups in total. The summed E-state index contributed by atoms with van der Waals surface area (Å²) in [7, 11) is 0. The van der Waals surface area contributed by atoms with Gasteiger partial charge in [0, 0.05) is 16.6 Å². The lowest BCUT2D eigenvalue weighted by atomic mass is 9.89. The predicted molar refractivity (Wildman–Crippen MR) is 82.8 cm³/mol. The summed E-state index contributed by atoms with van der Waals surface area (Å²) in [5, 5.41) is 10.4. The fourth-order valence-corrected chi connectivity index (χ4v) is 3.40. The summed E-state index contributed by atoms with van der Waals surface area (Å²) in [5.41, 5.74) is 5.52. The lowest BCUT2D eigenvalue weighted by Gasteiger charge is -2.38. The van der Waals surface area contributed by atoms with Crippen molar-refractivity contribution in [3.05, 3.63) is 33.8 Å². The number of carbonyl (C=O) groups is 2. The van der Waals surface area contributed by atoms with Crippen molar-refractivity contribution in [2.45, 2.75) is 31.8 Å². The molecule has 1 aromatic rings. The van der Waals surface area contributed by atoms with Crippen LogP contribution in [0.1, 0.15) is 35.2 Å². The second-order valence-electron chi connectivity index (χ2n) is 5.71. The van der Waals surface area contributed by atoms with Gasteiger partial charge in [-0.15, -0.1) is 0 Å². The number of aliphatic hydroxyl groups is 1. The molecule has 1 aliphatic rings. The first-order valence-corrected chi connectivity index (χ1v) is 7.65. The minimum atomic E-state index is -1.21. The van der Waals surface area contributed by atoms with E-state index in [9.17, 15) is 14.7 Å². The molecule has 0 spiro atoms. The van der Waals surface area contributed by atoms with Crippen molar-refractivity contribution in [2.24, 2.45) is 5.73 Å². The Morgan fingerprint density at radius 2 is 2.14 bits per heavy atom. The number of hydrogen-bond donors (Lipinski definition) is 2. The quantitative estimate of drug-likeness (QED) is 0.864. The van der Waals surface area contributed by atoms with E-state index in [2.05, 4.69) is 15.9 Å². The monoisotopic (exact) mass is 354 g/mol. The van der Waals surface area contributed by atoms with Gasteiger partial charge in [0.2, 0.25) is 5.91 Å². The molecule has 1 atom stereocenters. The van der Waals surface area contributed by atoms with Gasteiger partial charge in [-0.2, -0.15) is 0 Å². The smallest absolute Gasteiger partial charge is 0.254 e. The topological polar surface area (TPSA) is 83.6 Å². The fourth-order valence-electron chi connectivity index (χ4n) is 2.80. The summed E-state index contributed by atoms with van der Waals surface area (Å²) in [4.78, 5) is 25.2. The molecule has 1 aromatic carbocycles. The van der Waals surface area contributed by atoms with Gasteiger partial charge >= 0.3 is 0 Å². The first-order valence-electron chi connectivity index (χ1n) is 6.86. The van der Waals surface area contributed by atoms with E-state index in [0.29, 0.717) is 24.9 Å². The standard InChI is InChI=1S/C15H19BrN2O3/c1-10-5-11(7-12(16)6-10)14(20)18-4-2-3-15(21,9-18)8-13(17)19/h5-7,21H,2-4,8-9H2,1H3,(H2,17,19). The summed E-state index contributed by atoms with van der Waals surface area (Å²) >= 11 is 3.38. The van der Waals surface area contributed by atoms with Crippen LogP contribution in [0.15, 0.2) is 22.7 Å². The molecule has 1 saturated heterocycles. The largest absolute Gasteiger partial charge is 0.388 e. The van der Waals surface area contributed by atoms with E-state index in [0.717, 1.165) is 10.0 Å². The average Bonchev–Trinajstić information content (AvgIpc) is 2.35. The number of benzene rings is 1. The highest BCUT2D eigenvalue weighted by Crippen LogP contribution is 2.26. The molecule has 21 heavy (non-hydrogen) atoms. The molecule has 2 amide bonds. The van der Waals surface area contributed by atoms with Gasteiger partial charge in [-0.1, -0.05) is 15.9 Å². The lowest BCUT2D eigenvalue weighted by Crippen LogP contribution is -2.51. The number of rotatable bonds is 3. The van der Waals surface area contributed by atoms with Gasteiger partial charge in [0.15, 0.2) is 0 Å². The maximum atomic E-state index is 12.6. The number of piperidine rings is 1. The number of nitrogens with two attached hydrogens (primary N) is 1. The highest BCUT2D eigenvalue weighted by molar-refractivity contribution is 9.10. The van der Waals surface area contributed by atoms with Crippen molar-refractivity contribution in [1.82, 2.24) is 4.90 Å². The van der Waals surface area contributed by atoms with Crippen LogP contribution in [0.2, 0.25) is 0 Å². The second-order valence-corrected chi connectivity index (χ2v) is 6.63. The maximum absolute atomic E-state index is 12.6. The Kier molecular flexibility index (Phi) is 4.68. The Bertz CT molecular complexity index is 556. The molecule has 0 aromatic heterocycles. The van der Waals surface area contributed by atoms with Gasteiger partial charge in [0.25, 0.3) is 5.91 Å². The van der Waals surface area contributed by atoms with Crippen LogP contribution in [0.4, 0.5) is 0 Å². The third-order valence-electron chi connectivity index (χ3n) is 3.63. The number of likely N-dealkylation sites (tertiary alicyclic amines) is 1. The summed E-state index contributed by atoms with van der Waals surface area (Å²) in [5.74, 6) is -0.688. The minimum absolute atomic E-state index is 0.117. The number of amides is 2. The number of halogens is 1. The summed E-state index contributed by atoms with van der Waals surface area (Å²) in [6.07, 6.45) is 1.02. The Hall–Kier alpha value is -1.40. The molecule has 6 heteroatoms. The van der Waals surface area contributed by atoms with Crippen molar-refractivity contribution < 1.29 is 14.7 Å². The molecule has 0 aliphatic carbocycles. The van der Waals surface area contributed by atoms with Crippen LogP contribution in [0.5, 0.6) is 0 Å². The van der Waals surface area contributed by atoms with Gasteiger partial charge in [-0.05, 0) is 43.5 Å². The zero-order chi connectivity index (χ0) is 15.6. The van der Waals surface area contributed by atoms with E-state index in [1.807, 2.05) is 19.1 Å². The molecule has 114 valence electrons. The summed E-state index contributed by atoms with van der Waals surface area (Å²) in [6.45, 7) is 2.63. The molecule has 5 nitrogen and oxygen atoms in total. The number of hydrogen-bond acceptors (Lipinski definition) is 3. The Labute approximate surface area is 132 Å². The van der Waals surface area contributed by atoms with Gasteiger partial charge in [0.05, 0.1) is 18.6 Å². The molecule has 2 rings (SSSR count). The van der Waals surface area contributed by atoms with Crippen LogP contribution in [0.25, 0.3) is 0 Å². The Morgan fingerprint density at radius 1 is 1.43 bits per heavy atom. The highest BCUT2D eigenvalue weighted by Gasteiger charge is 2.36. The molecular formula is C15H19BrN2O3. The third-order valence-corrected chi connectivity index (χ3v) is 4.09. The van der Waals surface area contributed by atoms with E-state index in [-0.39, 0.29) is 18.9 Å². The Morgan fingerprint density at radius 3 is 2.76 bits per heavy atom. The number of primary amides is 1. The molecule has 1 heterocycles. The van der Waals surface area contributed by atoms with E-state index in [4.69, 9.17) is 5.73 Å². The number of carbonyl (C=O) groups excluding carboxylic acids is 2. The normalized spacial score (nSPS) is 22.1. The minimum Gasteiger partial charge on any atom is -0.388 e. The second kappa shape index (κ2) is 6.15. The van der Waals surface area contributed by atoms with Gasteiger partial charge in [-0.25, -0.2) is 0 Å². The van der Waals surface area contributed by atoms with Crippen LogP contribution in [0, 0.1) is 6.92 Å². The van der Waals surface area contributed by atoms with E-state index >= 15 is 0 Å². The summed E-state index contributed by atoms with van der Waals surface area (Å²) in [6, 6.07) is 5.50. The van der Waals surface area contributed by atoms with E-state index < -0.39 is 11.5 Å². The van der Waals surface area contributed by atoms with Crippen LogP contribution in [0.3, 0.4) is 0 Å². The van der Waals surface area contributed by atoms with Crippen molar-refractivity contribution >= 4 is 27.7 Å². The highest BCUT2D eigenvalue weighted by atomic mass is 79.9. The zero-order valence-corrected chi connectivity index (χ0v) is 13.5. The number of aryl methyl sites for hydroxylation is 1. The Balaban J connectivity index is 2.17. The summed E-state index contributed by atoms with van der Waals surface area (Å²) < 4.78 is 0.843. The maximum Gasteiger partial charge on any atom is 0.254 e. The fraction of sp³-hybridized carbons (Fsp3) is 0.467. The third kappa shape index (κ3) is 4.04. The molecule has 1 fully saturated rings. The molecule has 1 unspecified atom stereocenters. The van der Waals surface area contributed by atoms with E-state index in [1.165, 1.54) is 0 Å². The van der Waals surface area contributed by atoms with Gasteiger partial charge in [0.1, 0.15) is 0 Å². The average molecular weight is 355 g/mol. The van der Waals surface area contributed by atoms with Crippen molar-refractivity contribution in [1.29, 1.82) is 0 Å². The molecule has 0 bridgehead atoms. The van der Waals surface area contributed by atoms with Crippen LogP contribution >= 0.6 is 15.9 Å². The first kappa shape index (κ1) is 16.0. The number of nitrogens with zero attached hydrogens (tertiary/aromatic N) is 1. The first-order chi connectivity index (χ1) is 9.79. The molecule has 1 aliphatic heterocycles. The molecule has 0 radical (unpaired) electrons. The van der Waals surface area contributed by atoms with Gasteiger partial charge in [-0.3, -0.25) is 9.59 Å². The van der Waals surface area contributed by atoms with Crippen molar-refractivity contribution in [3.63, 3.8) is 0 Å². The van der Waals surface area contributed by atoms with Crippen LogP contribution in [-0.2, 0) is 4.79 Å². The SMILES string of the molecule is Cc1cc(Br)cc(C(=O)N2CCCC(O)(CC(N)=O)C2)c1. The van der Waals surface area contributed by atoms with Crippen LogP contribution in [-0.4, -0.2) is 40.5 Å². The molecule has 0 saturated carbocycles. The predicted octanol–water partition coefficient (Wildman–Crippen LogP) is 1.60. The van der Waals surface area contributed by atoms with Crippen LogP contribution < -0.4 is 5.73 Å². The van der Waals surface area contributed by atoms with Crippen molar-refractivity contribution in [3.8, 4) is 0 Å². The van der Waals surface area contributed by atoms with Crippen molar-refractivity contribution in [2.75, 3.05) is 13.1 Å². The zero-order valence-electron chi connectivity index (χ0n) is 11.9.